The highest BCUT2D eigenvalue weighted by Crippen LogP contribution is 2.17. The molecular formula is C11H14O5. The molecule has 0 bridgehead atoms. The fourth-order valence-corrected chi connectivity index (χ4v) is 1.17. The molecule has 5 heteroatoms. The molecule has 0 unspecified atom stereocenters. The number of carboxylic acid groups (broad SMARTS) is 1. The Balaban J connectivity index is 2.76. The van der Waals surface area contributed by atoms with E-state index < -0.39 is 5.97 Å². The summed E-state index contributed by atoms with van der Waals surface area (Å²) in [6.45, 7) is 1.74. The molecule has 0 aliphatic heterocycles. The molecule has 0 aromatic heterocycles. The Labute approximate surface area is 92.9 Å². The number of phenolic OH excluding ortho intramolecular Hbond substituents is 1. The van der Waals surface area contributed by atoms with E-state index in [4.69, 9.17) is 14.9 Å². The van der Waals surface area contributed by atoms with Crippen LogP contribution in [0.3, 0.4) is 0 Å². The number of carboxylic acids is 1. The summed E-state index contributed by atoms with van der Waals surface area (Å²) >= 11 is 0. The second-order valence-corrected chi connectivity index (χ2v) is 3.50. The summed E-state index contributed by atoms with van der Waals surface area (Å²) in [4.78, 5) is 10.7. The molecule has 0 fully saturated rings. The monoisotopic (exact) mass is 226 g/mol. The smallest absolute Gasteiger partial charge is 0.335 e. The van der Waals surface area contributed by atoms with Crippen molar-refractivity contribution >= 4 is 5.97 Å². The predicted octanol–water partition coefficient (Wildman–Crippen LogP) is 0.988. The van der Waals surface area contributed by atoms with Crippen molar-refractivity contribution in [1.82, 2.24) is 0 Å². The summed E-state index contributed by atoms with van der Waals surface area (Å²) in [6, 6.07) is 4.02. The lowest BCUT2D eigenvalue weighted by Crippen LogP contribution is -2.12. The van der Waals surface area contributed by atoms with Crippen molar-refractivity contribution in [3.63, 3.8) is 0 Å². The van der Waals surface area contributed by atoms with E-state index in [0.29, 0.717) is 5.56 Å². The first-order valence-corrected chi connectivity index (χ1v) is 4.81. The Morgan fingerprint density at radius 1 is 1.44 bits per heavy atom. The third-order valence-electron chi connectivity index (χ3n) is 2.02. The molecule has 1 rings (SSSR count). The number of aliphatic hydroxyl groups excluding tert-OH is 1. The molecule has 5 nitrogen and oxygen atoms in total. The Bertz CT molecular complexity index is 375. The largest absolute Gasteiger partial charge is 0.508 e. The number of carbonyl (C=O) groups is 1. The molecule has 3 N–H and O–H groups in total. The zero-order chi connectivity index (χ0) is 12.1. The topological polar surface area (TPSA) is 87.0 Å². The van der Waals surface area contributed by atoms with Gasteiger partial charge in [-0.25, -0.2) is 4.79 Å². The van der Waals surface area contributed by atoms with E-state index in [0.717, 1.165) is 0 Å². The van der Waals surface area contributed by atoms with Gasteiger partial charge in [0, 0.05) is 0 Å². The number of hydrogen-bond acceptors (Lipinski definition) is 4. The van der Waals surface area contributed by atoms with Crippen molar-refractivity contribution in [1.29, 1.82) is 0 Å². The van der Waals surface area contributed by atoms with Crippen LogP contribution in [0.4, 0.5) is 0 Å². The fraction of sp³-hybridized carbons (Fsp3) is 0.364. The van der Waals surface area contributed by atoms with Crippen LogP contribution >= 0.6 is 0 Å². The number of phenols is 1. The lowest BCUT2D eigenvalue weighted by Gasteiger charge is -2.10. The average Bonchev–Trinajstić information content (AvgIpc) is 2.25. The maximum absolute atomic E-state index is 10.7. The minimum atomic E-state index is -1.10. The van der Waals surface area contributed by atoms with E-state index >= 15 is 0 Å². The summed E-state index contributed by atoms with van der Waals surface area (Å²) in [6.07, 6.45) is -0.323. The molecule has 1 aromatic carbocycles. The molecule has 0 aliphatic rings. The molecule has 0 radical (unpaired) electrons. The normalized spacial score (nSPS) is 12.4. The summed E-state index contributed by atoms with van der Waals surface area (Å²) in [7, 11) is 0. The third kappa shape index (κ3) is 3.52. The SMILES string of the molecule is C[C@@H](CO)OCc1cc(O)cc(C(=O)O)c1. The van der Waals surface area contributed by atoms with Gasteiger partial charge in [0.25, 0.3) is 0 Å². The molecule has 88 valence electrons. The number of aromatic carboxylic acids is 1. The molecule has 0 heterocycles. The average molecular weight is 226 g/mol. The molecule has 0 spiro atoms. The first kappa shape index (κ1) is 12.5. The van der Waals surface area contributed by atoms with Crippen LogP contribution in [0.5, 0.6) is 5.75 Å². The maximum Gasteiger partial charge on any atom is 0.335 e. The maximum atomic E-state index is 10.7. The molecular weight excluding hydrogens is 212 g/mol. The zero-order valence-corrected chi connectivity index (χ0v) is 8.88. The van der Waals surface area contributed by atoms with Crippen LogP contribution in [-0.2, 0) is 11.3 Å². The summed E-state index contributed by atoms with van der Waals surface area (Å²) in [5, 5.41) is 26.8. The number of ether oxygens (including phenoxy) is 1. The van der Waals surface area contributed by atoms with Crippen molar-refractivity contribution in [3.8, 4) is 5.75 Å². The fourth-order valence-electron chi connectivity index (χ4n) is 1.17. The number of rotatable bonds is 5. The highest BCUT2D eigenvalue weighted by atomic mass is 16.5. The van der Waals surface area contributed by atoms with Gasteiger partial charge in [-0.2, -0.15) is 0 Å². The lowest BCUT2D eigenvalue weighted by atomic mass is 10.1. The Hall–Kier alpha value is -1.59. The van der Waals surface area contributed by atoms with Gasteiger partial charge < -0.3 is 20.1 Å². The van der Waals surface area contributed by atoms with Crippen LogP contribution in [0.2, 0.25) is 0 Å². The Kier molecular flexibility index (Phi) is 4.28. The molecule has 0 saturated carbocycles. The van der Waals surface area contributed by atoms with Gasteiger partial charge in [0.15, 0.2) is 0 Å². The van der Waals surface area contributed by atoms with E-state index in [-0.39, 0.29) is 30.6 Å². The van der Waals surface area contributed by atoms with Crippen LogP contribution in [0.25, 0.3) is 0 Å². The van der Waals surface area contributed by atoms with Crippen molar-refractivity contribution in [3.05, 3.63) is 29.3 Å². The summed E-state index contributed by atoms with van der Waals surface area (Å²) in [5.74, 6) is -1.22. The first-order chi connectivity index (χ1) is 7.52. The van der Waals surface area contributed by atoms with Crippen LogP contribution in [-0.4, -0.2) is 34.0 Å². The van der Waals surface area contributed by atoms with E-state index in [9.17, 15) is 9.90 Å². The zero-order valence-electron chi connectivity index (χ0n) is 8.88. The summed E-state index contributed by atoms with van der Waals surface area (Å²) in [5.41, 5.74) is 0.563. The van der Waals surface area contributed by atoms with Gasteiger partial charge in [-0.15, -0.1) is 0 Å². The van der Waals surface area contributed by atoms with Gasteiger partial charge >= 0.3 is 5.97 Å². The molecule has 1 atom stereocenters. The van der Waals surface area contributed by atoms with E-state index in [2.05, 4.69) is 0 Å². The molecule has 0 aliphatic carbocycles. The van der Waals surface area contributed by atoms with Gasteiger partial charge in [-0.1, -0.05) is 0 Å². The van der Waals surface area contributed by atoms with Crippen molar-refractivity contribution in [2.24, 2.45) is 0 Å². The van der Waals surface area contributed by atoms with Gasteiger partial charge in [0.2, 0.25) is 0 Å². The van der Waals surface area contributed by atoms with Crippen LogP contribution in [0.1, 0.15) is 22.8 Å². The number of hydrogen-bond donors (Lipinski definition) is 3. The molecule has 16 heavy (non-hydrogen) atoms. The lowest BCUT2D eigenvalue weighted by molar-refractivity contribution is 0.0144. The Morgan fingerprint density at radius 2 is 2.12 bits per heavy atom. The van der Waals surface area contributed by atoms with Crippen LogP contribution in [0.15, 0.2) is 18.2 Å². The van der Waals surface area contributed by atoms with Gasteiger partial charge in [0.05, 0.1) is 24.9 Å². The van der Waals surface area contributed by atoms with E-state index in [1.54, 1.807) is 6.92 Å². The number of aromatic hydroxyl groups is 1. The standard InChI is InChI=1S/C11H14O5/c1-7(5-12)16-6-8-2-9(11(14)15)4-10(13)3-8/h2-4,7,12-13H,5-6H2,1H3,(H,14,15)/t7-/m0/s1. The minimum absolute atomic E-state index is 0.00949. The van der Waals surface area contributed by atoms with Crippen molar-refractivity contribution in [2.75, 3.05) is 6.61 Å². The quantitative estimate of drug-likeness (QED) is 0.696. The first-order valence-electron chi connectivity index (χ1n) is 4.81. The third-order valence-corrected chi connectivity index (χ3v) is 2.02. The number of benzene rings is 1. The highest BCUT2D eigenvalue weighted by molar-refractivity contribution is 5.88. The van der Waals surface area contributed by atoms with Gasteiger partial charge in [0.1, 0.15) is 5.75 Å². The number of aliphatic hydroxyl groups is 1. The van der Waals surface area contributed by atoms with E-state index in [1.165, 1.54) is 18.2 Å². The molecule has 0 amide bonds. The summed E-state index contributed by atoms with van der Waals surface area (Å²) < 4.78 is 5.21. The predicted molar refractivity (Wildman–Crippen MR) is 56.4 cm³/mol. The second kappa shape index (κ2) is 5.48. The van der Waals surface area contributed by atoms with E-state index in [1.807, 2.05) is 0 Å². The highest BCUT2D eigenvalue weighted by Gasteiger charge is 2.07. The van der Waals surface area contributed by atoms with Crippen molar-refractivity contribution in [2.45, 2.75) is 19.6 Å². The molecule has 1 aromatic rings. The van der Waals surface area contributed by atoms with Crippen LogP contribution < -0.4 is 0 Å². The molecule has 0 saturated heterocycles. The second-order valence-electron chi connectivity index (χ2n) is 3.50. The van der Waals surface area contributed by atoms with Gasteiger partial charge in [-0.05, 0) is 30.7 Å². The minimum Gasteiger partial charge on any atom is -0.508 e. The Morgan fingerprint density at radius 3 is 2.69 bits per heavy atom. The van der Waals surface area contributed by atoms with Gasteiger partial charge in [-0.3, -0.25) is 0 Å². The van der Waals surface area contributed by atoms with Crippen LogP contribution in [0, 0.1) is 0 Å². The van der Waals surface area contributed by atoms with Crippen molar-refractivity contribution < 1.29 is 24.9 Å².